The molecule has 0 bridgehead atoms. The van der Waals surface area contributed by atoms with E-state index in [9.17, 15) is 27.6 Å². The van der Waals surface area contributed by atoms with Crippen LogP contribution in [-0.2, 0) is 42.3 Å². The van der Waals surface area contributed by atoms with Crippen molar-refractivity contribution in [1.29, 1.82) is 0 Å². The maximum Gasteiger partial charge on any atom is 0.407 e. The molecule has 0 radical (unpaired) electrons. The molecule has 0 saturated carbocycles. The number of hydrazine groups is 1. The van der Waals surface area contributed by atoms with Crippen LogP contribution in [0.4, 0.5) is 4.79 Å². The Morgan fingerprint density at radius 2 is 1.54 bits per heavy atom. The molecule has 0 saturated heterocycles. The summed E-state index contributed by atoms with van der Waals surface area (Å²) in [5.41, 5.74) is 8.54. The van der Waals surface area contributed by atoms with Gasteiger partial charge < -0.3 is 31.2 Å². The normalized spacial score (nSPS) is 13.5. The zero-order valence-electron chi connectivity index (χ0n) is 28.4. The van der Waals surface area contributed by atoms with E-state index in [1.165, 1.54) is 21.1 Å². The van der Waals surface area contributed by atoms with Gasteiger partial charge in [0.25, 0.3) is 16.1 Å². The van der Waals surface area contributed by atoms with Crippen molar-refractivity contribution in [2.75, 3.05) is 20.7 Å². The molecule has 0 aliphatic heterocycles. The Labute approximate surface area is 282 Å². The molecule has 0 aliphatic rings. The van der Waals surface area contributed by atoms with E-state index in [2.05, 4.69) is 26.1 Å². The number of likely N-dealkylation sites (N-methyl/N-ethyl adjacent to an activating group) is 1. The lowest BCUT2D eigenvalue weighted by atomic mass is 10.0. The van der Waals surface area contributed by atoms with Gasteiger partial charge in [0.05, 0.1) is 19.7 Å². The molecule has 7 N–H and O–H groups in total. The first kappa shape index (κ1) is 39.9. The van der Waals surface area contributed by atoms with Crippen LogP contribution >= 0.6 is 0 Å². The van der Waals surface area contributed by atoms with Crippen LogP contribution in [0.25, 0.3) is 0 Å². The molecular weight excluding hydrogens is 642 g/mol. The molecule has 48 heavy (non-hydrogen) atoms. The minimum Gasteiger partial charge on any atom is -0.497 e. The van der Waals surface area contributed by atoms with Crippen LogP contribution in [0.1, 0.15) is 58.1 Å². The number of hydrogen-bond donors (Lipinski definition) is 6. The van der Waals surface area contributed by atoms with E-state index in [-0.39, 0.29) is 25.9 Å². The topological polar surface area (TPSA) is 210 Å². The summed E-state index contributed by atoms with van der Waals surface area (Å²) < 4.78 is 41.1. The van der Waals surface area contributed by atoms with Gasteiger partial charge in [0.15, 0.2) is 0 Å². The molecule has 15 nitrogen and oxygen atoms in total. The number of nitrogens with one attached hydrogen (secondary N) is 5. The summed E-state index contributed by atoms with van der Waals surface area (Å²) >= 11 is 0. The van der Waals surface area contributed by atoms with Crippen LogP contribution in [0.2, 0.25) is 0 Å². The summed E-state index contributed by atoms with van der Waals surface area (Å²) in [5, 5.41) is 7.84. The van der Waals surface area contributed by atoms with Crippen molar-refractivity contribution in [2.24, 2.45) is 5.73 Å². The first-order chi connectivity index (χ1) is 22.5. The highest BCUT2D eigenvalue weighted by molar-refractivity contribution is 7.87. The number of nitrogens with zero attached hydrogens (tertiary/aromatic N) is 1. The van der Waals surface area contributed by atoms with Crippen molar-refractivity contribution in [1.82, 2.24) is 30.5 Å². The van der Waals surface area contributed by atoms with Gasteiger partial charge in [-0.3, -0.25) is 19.8 Å². The number of carbonyl (C=O) groups is 4. The Balaban J connectivity index is 2.26. The number of methoxy groups -OCH3 is 1. The number of amides is 4. The van der Waals surface area contributed by atoms with Crippen molar-refractivity contribution in [2.45, 2.75) is 83.6 Å². The lowest BCUT2D eigenvalue weighted by molar-refractivity contribution is -0.129. The molecule has 0 heterocycles. The average Bonchev–Trinajstić information content (AvgIpc) is 3.02. The Kier molecular flexibility index (Phi) is 15.7. The van der Waals surface area contributed by atoms with Gasteiger partial charge in [-0.2, -0.15) is 13.1 Å². The summed E-state index contributed by atoms with van der Waals surface area (Å²) in [6, 6.07) is 11.9. The van der Waals surface area contributed by atoms with Gasteiger partial charge in [-0.1, -0.05) is 46.9 Å². The highest BCUT2D eigenvalue weighted by atomic mass is 32.2. The molecule has 2 aromatic carbocycles. The summed E-state index contributed by atoms with van der Waals surface area (Å²) in [6.07, 6.45) is 0.516. The zero-order valence-corrected chi connectivity index (χ0v) is 29.2. The summed E-state index contributed by atoms with van der Waals surface area (Å²) in [7, 11) is -1.67. The molecule has 0 aromatic heterocycles. The van der Waals surface area contributed by atoms with E-state index in [1.54, 1.807) is 75.4 Å². The molecule has 266 valence electrons. The third-order valence-electron chi connectivity index (χ3n) is 6.78. The van der Waals surface area contributed by atoms with Gasteiger partial charge in [-0.25, -0.2) is 4.79 Å². The van der Waals surface area contributed by atoms with Crippen molar-refractivity contribution < 1.29 is 37.1 Å². The molecule has 16 heteroatoms. The Hall–Kier alpha value is -4.25. The number of ether oxygens (including phenoxy) is 2. The highest BCUT2D eigenvalue weighted by Gasteiger charge is 2.33. The van der Waals surface area contributed by atoms with Crippen LogP contribution in [0.3, 0.4) is 0 Å². The second-order valence-corrected chi connectivity index (χ2v) is 13.7. The Bertz CT molecular complexity index is 1450. The molecule has 0 unspecified atom stereocenters. The molecular formula is C32H49N7O8S. The fraction of sp³-hybridized carbons (Fsp3) is 0.500. The predicted octanol–water partition coefficient (Wildman–Crippen LogP) is 1.25. The SMILES string of the molecule is CNC(=O)[C@H](CCCCNC(=O)OC(C)(C)C)NC(=O)[C@@H](Cc1ccccc1)NS(=O)(=O)N(Cc1ccc(OC)cc1)NC(=O)[C@H](C)N. The standard InChI is InChI=1S/C32H49N7O8S/c1-22(33)28(40)37-39(21-24-15-17-25(46-6)18-16-24)48(44,45)38-27(20-23-12-8-7-9-13-23)30(42)36-26(29(41)34-5)14-10-11-19-35-31(43)47-32(2,3)4/h7-9,12-13,15-18,22,26-27,38H,10-11,14,19-21,33H2,1-6H3,(H,34,41)(H,35,43)(H,36,42)(H,37,40)/t22-,26-,27+/m0/s1. The van der Waals surface area contributed by atoms with E-state index in [0.29, 0.717) is 34.1 Å². The fourth-order valence-electron chi connectivity index (χ4n) is 4.28. The minimum absolute atomic E-state index is 0.0657. The van der Waals surface area contributed by atoms with Gasteiger partial charge in [0.1, 0.15) is 23.4 Å². The van der Waals surface area contributed by atoms with E-state index in [1.807, 2.05) is 0 Å². The molecule has 3 atom stereocenters. The van der Waals surface area contributed by atoms with E-state index in [4.69, 9.17) is 15.2 Å². The first-order valence-electron chi connectivity index (χ1n) is 15.6. The lowest BCUT2D eigenvalue weighted by Crippen LogP contribution is -2.59. The number of rotatable bonds is 18. The first-order valence-corrected chi connectivity index (χ1v) is 17.0. The van der Waals surface area contributed by atoms with Gasteiger partial charge in [0.2, 0.25) is 11.8 Å². The third-order valence-corrected chi connectivity index (χ3v) is 8.16. The highest BCUT2D eigenvalue weighted by Crippen LogP contribution is 2.15. The van der Waals surface area contributed by atoms with Crippen molar-refractivity contribution in [3.8, 4) is 5.75 Å². The van der Waals surface area contributed by atoms with Gasteiger partial charge in [-0.05, 0) is 76.6 Å². The monoisotopic (exact) mass is 691 g/mol. The molecule has 2 rings (SSSR count). The van der Waals surface area contributed by atoms with Crippen molar-refractivity contribution in [3.05, 3.63) is 65.7 Å². The average molecular weight is 692 g/mol. The molecule has 2 aromatic rings. The Morgan fingerprint density at radius 3 is 2.10 bits per heavy atom. The minimum atomic E-state index is -4.59. The third kappa shape index (κ3) is 14.3. The summed E-state index contributed by atoms with van der Waals surface area (Å²) in [6.45, 7) is 6.65. The number of unbranched alkanes of at least 4 members (excludes halogenated alkanes) is 1. The quantitative estimate of drug-likeness (QED) is 0.0980. The second kappa shape index (κ2) is 18.9. The van der Waals surface area contributed by atoms with E-state index >= 15 is 0 Å². The summed E-state index contributed by atoms with van der Waals surface area (Å²) in [5.74, 6) is -1.45. The smallest absolute Gasteiger partial charge is 0.407 e. The lowest BCUT2D eigenvalue weighted by Gasteiger charge is -2.28. The van der Waals surface area contributed by atoms with E-state index < -0.39 is 57.8 Å². The van der Waals surface area contributed by atoms with Crippen LogP contribution in [0.5, 0.6) is 5.75 Å². The van der Waals surface area contributed by atoms with Gasteiger partial charge in [0, 0.05) is 13.6 Å². The zero-order chi connectivity index (χ0) is 35.9. The molecule has 0 fully saturated rings. The number of alkyl carbamates (subject to hydrolysis) is 1. The van der Waals surface area contributed by atoms with E-state index in [0.717, 1.165) is 0 Å². The maximum atomic E-state index is 13.8. The maximum absolute atomic E-state index is 13.8. The van der Waals surface area contributed by atoms with Gasteiger partial charge >= 0.3 is 6.09 Å². The number of carbonyl (C=O) groups excluding carboxylic acids is 4. The predicted molar refractivity (Wildman–Crippen MR) is 180 cm³/mol. The Morgan fingerprint density at radius 1 is 0.896 bits per heavy atom. The fourth-order valence-corrected chi connectivity index (χ4v) is 5.49. The summed E-state index contributed by atoms with van der Waals surface area (Å²) in [4.78, 5) is 50.9. The number of benzene rings is 2. The van der Waals surface area contributed by atoms with Crippen molar-refractivity contribution in [3.63, 3.8) is 0 Å². The number of nitrogens with two attached hydrogens (primary N) is 1. The van der Waals surface area contributed by atoms with Crippen LogP contribution < -0.4 is 36.6 Å². The van der Waals surface area contributed by atoms with Crippen LogP contribution in [-0.4, -0.2) is 81.1 Å². The van der Waals surface area contributed by atoms with Crippen molar-refractivity contribution >= 4 is 34.0 Å². The number of hydrogen-bond acceptors (Lipinski definition) is 9. The molecule has 0 spiro atoms. The largest absolute Gasteiger partial charge is 0.497 e. The van der Waals surface area contributed by atoms with Gasteiger partial charge in [-0.15, -0.1) is 0 Å². The van der Waals surface area contributed by atoms with Crippen LogP contribution in [0.15, 0.2) is 54.6 Å². The second-order valence-electron chi connectivity index (χ2n) is 12.1. The van der Waals surface area contributed by atoms with Crippen LogP contribution in [0, 0.1) is 0 Å². The molecule has 4 amide bonds. The molecule has 0 aliphatic carbocycles.